The number of Topliss-reactive ketones (excluding diaryl/α,β-unsaturated/α-hetero) is 1. The summed E-state index contributed by atoms with van der Waals surface area (Å²) in [5.41, 5.74) is 0.000000000000000222. The van der Waals surface area contributed by atoms with Crippen LogP contribution in [0.25, 0.3) is 4.85 Å². The zero-order valence-corrected chi connectivity index (χ0v) is 4.06. The summed E-state index contributed by atoms with van der Waals surface area (Å²) in [7, 11) is 0. The Morgan fingerprint density at radius 1 is 1.86 bits per heavy atom. The number of allylic oxidation sites excluding steroid dienone is 1. The van der Waals surface area contributed by atoms with Gasteiger partial charge in [-0.05, 0) is 6.92 Å². The van der Waals surface area contributed by atoms with Crippen molar-refractivity contribution in [2.75, 3.05) is 0 Å². The van der Waals surface area contributed by atoms with Gasteiger partial charge in [0.25, 0.3) is 0 Å². The third-order valence-electron chi connectivity index (χ3n) is 0.541. The van der Waals surface area contributed by atoms with Gasteiger partial charge in [-0.15, -0.1) is 0 Å². The highest BCUT2D eigenvalue weighted by Gasteiger charge is 1.94. The molecular formula is C5H5NO. The smallest absolute Gasteiger partial charge is 0.221 e. The van der Waals surface area contributed by atoms with Crippen LogP contribution >= 0.6 is 0 Å². The van der Waals surface area contributed by atoms with Crippen LogP contribution < -0.4 is 0 Å². The van der Waals surface area contributed by atoms with E-state index in [1.807, 2.05) is 0 Å². The van der Waals surface area contributed by atoms with Crippen molar-refractivity contribution in [1.82, 2.24) is 0 Å². The fraction of sp³-hybridized carbons (Fsp3) is 0.200. The van der Waals surface area contributed by atoms with E-state index in [0.29, 0.717) is 0 Å². The monoisotopic (exact) mass is 95.0 g/mol. The predicted molar refractivity (Wildman–Crippen MR) is 26.4 cm³/mol. The molecule has 0 aliphatic carbocycles. The molecule has 0 radical (unpaired) electrons. The first-order chi connectivity index (χ1) is 3.18. The third-order valence-corrected chi connectivity index (χ3v) is 0.541. The molecule has 0 saturated heterocycles. The normalized spacial score (nSPS) is 6.86. The lowest BCUT2D eigenvalue weighted by Crippen LogP contribution is -1.86. The van der Waals surface area contributed by atoms with E-state index >= 15 is 0 Å². The molecule has 0 saturated carbocycles. The summed E-state index contributed by atoms with van der Waals surface area (Å²) in [5.74, 6) is -0.255. The molecule has 7 heavy (non-hydrogen) atoms. The number of hydrogen-bond acceptors (Lipinski definition) is 1. The Bertz CT molecular complexity index is 141. The Hall–Kier alpha value is -1.10. The Morgan fingerprint density at radius 3 is 2.29 bits per heavy atom. The second-order valence-electron chi connectivity index (χ2n) is 1.11. The minimum Gasteiger partial charge on any atom is -0.308 e. The van der Waals surface area contributed by atoms with Crippen molar-refractivity contribution >= 4 is 5.78 Å². The summed E-state index contributed by atoms with van der Waals surface area (Å²) < 4.78 is 0. The molecule has 0 spiro atoms. The predicted octanol–water partition coefficient (Wildman–Crippen LogP) is 1.01. The molecule has 0 heterocycles. The van der Waals surface area contributed by atoms with Crippen LogP contribution in [0.15, 0.2) is 12.3 Å². The maximum atomic E-state index is 10.1. The average Bonchev–Trinajstić information content (AvgIpc) is 1.65. The zero-order valence-electron chi connectivity index (χ0n) is 4.06. The largest absolute Gasteiger partial charge is 0.308 e. The molecule has 0 bridgehead atoms. The molecular weight excluding hydrogens is 90.1 g/mol. The molecule has 0 fully saturated rings. The van der Waals surface area contributed by atoms with E-state index in [2.05, 4.69) is 11.4 Å². The van der Waals surface area contributed by atoms with Gasteiger partial charge in [-0.1, -0.05) is 6.58 Å². The number of carbonyl (C=O) groups is 1. The summed E-state index contributed by atoms with van der Waals surface area (Å²) in [6, 6.07) is 0. The van der Waals surface area contributed by atoms with Gasteiger partial charge in [0.2, 0.25) is 5.70 Å². The second kappa shape index (κ2) is 2.14. The van der Waals surface area contributed by atoms with Gasteiger partial charge in [-0.3, -0.25) is 0 Å². The van der Waals surface area contributed by atoms with Gasteiger partial charge in [-0.2, -0.15) is 0 Å². The van der Waals surface area contributed by atoms with E-state index in [9.17, 15) is 4.79 Å². The van der Waals surface area contributed by atoms with E-state index in [1.165, 1.54) is 6.92 Å². The number of rotatable bonds is 1. The number of ketones is 1. The van der Waals surface area contributed by atoms with Crippen molar-refractivity contribution in [3.05, 3.63) is 23.7 Å². The van der Waals surface area contributed by atoms with Crippen molar-refractivity contribution in [2.24, 2.45) is 0 Å². The van der Waals surface area contributed by atoms with E-state index < -0.39 is 0 Å². The van der Waals surface area contributed by atoms with Crippen LogP contribution in [0.3, 0.4) is 0 Å². The Balaban J connectivity index is 3.90. The Kier molecular flexibility index (Phi) is 1.80. The maximum Gasteiger partial charge on any atom is 0.221 e. The van der Waals surface area contributed by atoms with E-state index in [4.69, 9.17) is 6.57 Å². The molecule has 0 rings (SSSR count). The van der Waals surface area contributed by atoms with Crippen LogP contribution in [0, 0.1) is 6.57 Å². The van der Waals surface area contributed by atoms with Gasteiger partial charge in [0.05, 0.1) is 6.57 Å². The van der Waals surface area contributed by atoms with E-state index in [0.717, 1.165) is 0 Å². The van der Waals surface area contributed by atoms with E-state index in [1.54, 1.807) is 0 Å². The third kappa shape index (κ3) is 1.72. The Labute approximate surface area is 42.3 Å². The van der Waals surface area contributed by atoms with Crippen molar-refractivity contribution in [2.45, 2.75) is 6.92 Å². The minimum absolute atomic E-state index is 0.000000000000000222. The lowest BCUT2D eigenvalue weighted by Gasteiger charge is -1.78. The topological polar surface area (TPSA) is 21.4 Å². The van der Waals surface area contributed by atoms with Crippen LogP contribution in [-0.4, -0.2) is 5.78 Å². The molecule has 0 N–H and O–H groups in total. The van der Waals surface area contributed by atoms with Gasteiger partial charge in [-0.25, -0.2) is 4.85 Å². The minimum atomic E-state index is -0.255. The number of nitrogens with zero attached hydrogens (tertiary/aromatic N) is 1. The lowest BCUT2D eigenvalue weighted by atomic mass is 10.4. The Morgan fingerprint density at radius 2 is 2.29 bits per heavy atom. The van der Waals surface area contributed by atoms with Crippen molar-refractivity contribution < 1.29 is 4.79 Å². The molecule has 0 unspecified atom stereocenters. The number of hydrogen-bond donors (Lipinski definition) is 0. The molecule has 2 nitrogen and oxygen atoms in total. The highest BCUT2D eigenvalue weighted by molar-refractivity contribution is 5.94. The summed E-state index contributed by atoms with van der Waals surface area (Å²) >= 11 is 0. The van der Waals surface area contributed by atoms with Gasteiger partial charge in [0, 0.05) is 0 Å². The lowest BCUT2D eigenvalue weighted by molar-refractivity contribution is -0.113. The van der Waals surface area contributed by atoms with Crippen molar-refractivity contribution in [1.29, 1.82) is 0 Å². The van der Waals surface area contributed by atoms with Crippen LogP contribution in [0.5, 0.6) is 0 Å². The standard InChI is InChI=1S/C5H5NO/c1-4(6-3)5(2)7/h1H2,2H3. The molecule has 0 aliphatic rings. The molecule has 0 aromatic rings. The van der Waals surface area contributed by atoms with Crippen LogP contribution in [-0.2, 0) is 4.79 Å². The van der Waals surface area contributed by atoms with Crippen molar-refractivity contribution in [3.63, 3.8) is 0 Å². The van der Waals surface area contributed by atoms with Crippen LogP contribution in [0.4, 0.5) is 0 Å². The molecule has 0 amide bonds. The summed E-state index contributed by atoms with van der Waals surface area (Å²) in [6.45, 7) is 10.7. The highest BCUT2D eigenvalue weighted by Crippen LogP contribution is 1.89. The van der Waals surface area contributed by atoms with Gasteiger partial charge in [0.15, 0.2) is 5.78 Å². The molecule has 0 aliphatic heterocycles. The van der Waals surface area contributed by atoms with Crippen LogP contribution in [0.2, 0.25) is 0 Å². The summed E-state index contributed by atoms with van der Waals surface area (Å²) in [4.78, 5) is 12.9. The first kappa shape index (κ1) is 5.90. The summed E-state index contributed by atoms with van der Waals surface area (Å²) in [5, 5.41) is 0. The van der Waals surface area contributed by atoms with Gasteiger partial charge >= 0.3 is 0 Å². The van der Waals surface area contributed by atoms with Gasteiger partial charge < -0.3 is 4.79 Å². The molecule has 0 atom stereocenters. The second-order valence-corrected chi connectivity index (χ2v) is 1.11. The number of carbonyl (C=O) groups excluding carboxylic acids is 1. The fourth-order valence-electron chi connectivity index (χ4n) is 0.0787. The first-order valence-electron chi connectivity index (χ1n) is 1.75. The summed E-state index contributed by atoms with van der Waals surface area (Å²) in [6.07, 6.45) is 0. The molecule has 36 valence electrons. The highest BCUT2D eigenvalue weighted by atomic mass is 16.1. The SMILES string of the molecule is [C-]#[N+]C(=C)C(C)=O. The van der Waals surface area contributed by atoms with E-state index in [-0.39, 0.29) is 11.5 Å². The maximum absolute atomic E-state index is 10.1. The first-order valence-corrected chi connectivity index (χ1v) is 1.75. The van der Waals surface area contributed by atoms with Crippen LogP contribution in [0.1, 0.15) is 6.92 Å². The quantitative estimate of drug-likeness (QED) is 0.352. The molecule has 2 heteroatoms. The van der Waals surface area contributed by atoms with Crippen molar-refractivity contribution in [3.8, 4) is 0 Å². The molecule has 0 aromatic heterocycles. The fourth-order valence-corrected chi connectivity index (χ4v) is 0.0787. The molecule has 0 aromatic carbocycles. The zero-order chi connectivity index (χ0) is 5.86. The van der Waals surface area contributed by atoms with Gasteiger partial charge in [0.1, 0.15) is 0 Å². The average molecular weight is 95.1 g/mol.